The fourth-order valence-electron chi connectivity index (χ4n) is 2.50. The van der Waals surface area contributed by atoms with Gasteiger partial charge in [0.1, 0.15) is 11.8 Å². The van der Waals surface area contributed by atoms with E-state index in [2.05, 4.69) is 4.98 Å². The average molecular weight is 289 g/mol. The summed E-state index contributed by atoms with van der Waals surface area (Å²) in [6.07, 6.45) is 0.849. The van der Waals surface area contributed by atoms with Crippen molar-refractivity contribution in [3.8, 4) is 0 Å². The molecular formula is C12H17ClN2O4. The smallest absolute Gasteiger partial charge is 0.330 e. The van der Waals surface area contributed by atoms with Crippen LogP contribution in [0, 0.1) is 11.8 Å². The van der Waals surface area contributed by atoms with Gasteiger partial charge in [0.2, 0.25) is 0 Å². The molecule has 0 spiro atoms. The molecule has 0 bridgehead atoms. The molecule has 0 saturated carbocycles. The maximum atomic E-state index is 11.8. The van der Waals surface area contributed by atoms with E-state index in [0.717, 1.165) is 0 Å². The van der Waals surface area contributed by atoms with Crippen LogP contribution < -0.4 is 11.2 Å². The molecule has 4 atom stereocenters. The molecule has 0 aliphatic carbocycles. The third kappa shape index (κ3) is 2.24. The monoisotopic (exact) mass is 288 g/mol. The number of halogens is 1. The summed E-state index contributed by atoms with van der Waals surface area (Å²) in [4.78, 5) is 25.1. The number of rotatable bonds is 3. The molecule has 2 heterocycles. The topological polar surface area (TPSA) is 84.3 Å². The quantitative estimate of drug-likeness (QED) is 0.784. The van der Waals surface area contributed by atoms with Gasteiger partial charge < -0.3 is 9.84 Å². The number of hydrogen-bond acceptors (Lipinski definition) is 4. The summed E-state index contributed by atoms with van der Waals surface area (Å²) in [5, 5.41) is 9.53. The Morgan fingerprint density at radius 2 is 2.21 bits per heavy atom. The van der Waals surface area contributed by atoms with Gasteiger partial charge in [-0.15, -0.1) is 11.6 Å². The van der Waals surface area contributed by atoms with E-state index in [-0.39, 0.29) is 24.3 Å². The summed E-state index contributed by atoms with van der Waals surface area (Å²) in [7, 11) is 0. The Balaban J connectivity index is 2.42. The van der Waals surface area contributed by atoms with Gasteiger partial charge in [0.25, 0.3) is 5.56 Å². The predicted octanol–water partition coefficient (Wildman–Crippen LogP) is 0.307. The first kappa shape index (κ1) is 14.3. The molecule has 2 rings (SSSR count). The van der Waals surface area contributed by atoms with Crippen LogP contribution in [0.25, 0.3) is 0 Å². The zero-order valence-electron chi connectivity index (χ0n) is 10.8. The van der Waals surface area contributed by atoms with Crippen molar-refractivity contribution in [2.75, 3.05) is 12.5 Å². The third-order valence-corrected chi connectivity index (χ3v) is 4.50. The van der Waals surface area contributed by atoms with Crippen molar-refractivity contribution in [1.82, 2.24) is 9.55 Å². The molecule has 1 fully saturated rings. The van der Waals surface area contributed by atoms with Crippen molar-refractivity contribution >= 4 is 11.6 Å². The lowest BCUT2D eigenvalue weighted by Crippen LogP contribution is -2.41. The Morgan fingerprint density at radius 1 is 1.53 bits per heavy atom. The molecule has 1 aliphatic rings. The molecule has 0 radical (unpaired) electrons. The fraction of sp³-hybridized carbons (Fsp3) is 0.667. The minimum Gasteiger partial charge on any atom is -0.393 e. The molecule has 6 nitrogen and oxygen atoms in total. The van der Waals surface area contributed by atoms with Gasteiger partial charge >= 0.3 is 5.69 Å². The predicted molar refractivity (Wildman–Crippen MR) is 70.3 cm³/mol. The van der Waals surface area contributed by atoms with Crippen LogP contribution in [-0.2, 0) is 4.74 Å². The molecule has 106 valence electrons. The summed E-state index contributed by atoms with van der Waals surface area (Å²) < 4.78 is 7.16. The number of aliphatic hydroxyl groups excluding tert-OH is 1. The summed E-state index contributed by atoms with van der Waals surface area (Å²) >= 11 is 5.91. The first-order valence-electron chi connectivity index (χ1n) is 6.11. The van der Waals surface area contributed by atoms with E-state index < -0.39 is 23.1 Å². The highest BCUT2D eigenvalue weighted by Gasteiger charge is 2.51. The third-order valence-electron chi connectivity index (χ3n) is 4.04. The first-order chi connectivity index (χ1) is 8.95. The highest BCUT2D eigenvalue weighted by atomic mass is 35.5. The minimum absolute atomic E-state index is 0.0150. The van der Waals surface area contributed by atoms with E-state index in [4.69, 9.17) is 16.3 Å². The van der Waals surface area contributed by atoms with Crippen molar-refractivity contribution in [2.45, 2.75) is 25.7 Å². The van der Waals surface area contributed by atoms with Crippen molar-refractivity contribution in [3.05, 3.63) is 33.1 Å². The standard InChI is InChI=1S/C12H17ClN2O4/c1-7-8(2)12(5-13,6-16)19-10(7)15-4-3-9(17)14-11(15)18/h3-4,7-8,10,16H,5-6H2,1-2H3,(H,14,17,18)/t7-,8-,10+,12+/m0/s1. The van der Waals surface area contributed by atoms with Crippen LogP contribution in [0.1, 0.15) is 20.1 Å². The van der Waals surface area contributed by atoms with Crippen molar-refractivity contribution < 1.29 is 9.84 Å². The molecule has 2 N–H and O–H groups in total. The van der Waals surface area contributed by atoms with Crippen LogP contribution in [0.5, 0.6) is 0 Å². The van der Waals surface area contributed by atoms with Crippen LogP contribution in [0.2, 0.25) is 0 Å². The van der Waals surface area contributed by atoms with Crippen LogP contribution in [0.4, 0.5) is 0 Å². The Labute approximate surface area is 115 Å². The van der Waals surface area contributed by atoms with Gasteiger partial charge in [0.05, 0.1) is 12.5 Å². The molecule has 19 heavy (non-hydrogen) atoms. The number of nitrogens with zero attached hydrogens (tertiary/aromatic N) is 1. The second-order valence-corrected chi connectivity index (χ2v) is 5.30. The van der Waals surface area contributed by atoms with Gasteiger partial charge in [-0.3, -0.25) is 14.3 Å². The van der Waals surface area contributed by atoms with E-state index in [0.29, 0.717) is 0 Å². The summed E-state index contributed by atoms with van der Waals surface area (Å²) in [5.74, 6) is 0.109. The zero-order valence-corrected chi connectivity index (χ0v) is 11.6. The number of hydrogen-bond donors (Lipinski definition) is 2. The van der Waals surface area contributed by atoms with Crippen LogP contribution in [-0.4, -0.2) is 32.7 Å². The number of aliphatic hydroxyl groups is 1. The highest BCUT2D eigenvalue weighted by molar-refractivity contribution is 6.18. The Hall–Kier alpha value is -1.11. The summed E-state index contributed by atoms with van der Waals surface area (Å²) in [5.41, 5.74) is -1.84. The average Bonchev–Trinajstić information content (AvgIpc) is 2.64. The van der Waals surface area contributed by atoms with E-state index >= 15 is 0 Å². The lowest BCUT2D eigenvalue weighted by molar-refractivity contribution is -0.0993. The SMILES string of the molecule is C[C@@H]1[C@H](n2ccc(=O)[nH]c2=O)O[C@@](CO)(CCl)[C@H]1C. The maximum Gasteiger partial charge on any atom is 0.330 e. The number of ether oxygens (including phenoxy) is 1. The second-order valence-electron chi connectivity index (χ2n) is 5.03. The molecule has 1 aromatic rings. The molecular weight excluding hydrogens is 272 g/mol. The second kappa shape index (κ2) is 5.11. The van der Waals surface area contributed by atoms with Crippen LogP contribution in [0.3, 0.4) is 0 Å². The Kier molecular flexibility index (Phi) is 3.85. The first-order valence-corrected chi connectivity index (χ1v) is 6.65. The van der Waals surface area contributed by atoms with Crippen LogP contribution in [0.15, 0.2) is 21.9 Å². The number of aromatic nitrogens is 2. The Morgan fingerprint density at radius 3 is 2.68 bits per heavy atom. The van der Waals surface area contributed by atoms with Gasteiger partial charge in [-0.25, -0.2) is 4.79 Å². The van der Waals surface area contributed by atoms with Gasteiger partial charge in [0.15, 0.2) is 0 Å². The van der Waals surface area contributed by atoms with Gasteiger partial charge in [-0.05, 0) is 5.92 Å². The maximum absolute atomic E-state index is 11.8. The molecule has 1 saturated heterocycles. The van der Waals surface area contributed by atoms with Crippen LogP contribution >= 0.6 is 11.6 Å². The van der Waals surface area contributed by atoms with Crippen molar-refractivity contribution in [2.24, 2.45) is 11.8 Å². The summed E-state index contributed by atoms with van der Waals surface area (Å²) in [6, 6.07) is 1.27. The molecule has 7 heteroatoms. The molecule has 0 aromatic carbocycles. The zero-order chi connectivity index (χ0) is 14.2. The van der Waals surface area contributed by atoms with Crippen molar-refractivity contribution in [3.63, 3.8) is 0 Å². The Bertz CT molecular complexity index is 563. The van der Waals surface area contributed by atoms with Gasteiger partial charge in [-0.2, -0.15) is 0 Å². The molecule has 1 aliphatic heterocycles. The lowest BCUT2D eigenvalue weighted by Gasteiger charge is -2.28. The van der Waals surface area contributed by atoms with Crippen molar-refractivity contribution in [1.29, 1.82) is 0 Å². The fourth-order valence-corrected chi connectivity index (χ4v) is 2.89. The van der Waals surface area contributed by atoms with E-state index in [1.54, 1.807) is 0 Å². The van der Waals surface area contributed by atoms with E-state index in [9.17, 15) is 14.7 Å². The number of nitrogens with one attached hydrogen (secondary N) is 1. The van der Waals surface area contributed by atoms with Gasteiger partial charge in [0, 0.05) is 18.2 Å². The molecule has 0 unspecified atom stereocenters. The number of alkyl halides is 1. The largest absolute Gasteiger partial charge is 0.393 e. The minimum atomic E-state index is -0.860. The van der Waals surface area contributed by atoms with Gasteiger partial charge in [-0.1, -0.05) is 13.8 Å². The van der Waals surface area contributed by atoms with E-state index in [1.807, 2.05) is 13.8 Å². The molecule has 0 amide bonds. The number of H-pyrrole nitrogens is 1. The normalized spacial score (nSPS) is 34.6. The number of aromatic amines is 1. The lowest BCUT2D eigenvalue weighted by atomic mass is 9.84. The molecule has 1 aromatic heterocycles. The summed E-state index contributed by atoms with van der Waals surface area (Å²) in [6.45, 7) is 3.65. The highest BCUT2D eigenvalue weighted by Crippen LogP contribution is 2.45. The van der Waals surface area contributed by atoms with E-state index in [1.165, 1.54) is 16.8 Å².